The van der Waals surface area contributed by atoms with Crippen LogP contribution in [0.5, 0.6) is 0 Å². The van der Waals surface area contributed by atoms with Crippen LogP contribution >= 0.6 is 0 Å². The van der Waals surface area contributed by atoms with Crippen LogP contribution in [0, 0.1) is 0 Å². The summed E-state index contributed by atoms with van der Waals surface area (Å²) >= 11 is 0. The second-order valence-electron chi connectivity index (χ2n) is 10.9. The van der Waals surface area contributed by atoms with Gasteiger partial charge >= 0.3 is 0 Å². The minimum absolute atomic E-state index is 0.00659. The zero-order valence-electron chi connectivity index (χ0n) is 22.4. The van der Waals surface area contributed by atoms with Crippen molar-refractivity contribution in [2.24, 2.45) is 0 Å². The second kappa shape index (κ2) is 11.2. The highest BCUT2D eigenvalue weighted by Crippen LogP contribution is 2.30. The SMILES string of the molecule is CC(C)(C)c1ccc(NC(=O)c2cccnc2Nc2ccc3cn[nH]c3c2)cc1C=CCCN1CCCC1. The number of amides is 1. The molecule has 0 aliphatic carbocycles. The van der Waals surface area contributed by atoms with E-state index >= 15 is 0 Å². The third-order valence-electron chi connectivity index (χ3n) is 6.98. The van der Waals surface area contributed by atoms with Gasteiger partial charge in [-0.05, 0) is 91.4 Å². The Morgan fingerprint density at radius 3 is 2.71 bits per heavy atom. The van der Waals surface area contributed by atoms with Crippen molar-refractivity contribution in [3.63, 3.8) is 0 Å². The Morgan fingerprint density at radius 2 is 1.89 bits per heavy atom. The van der Waals surface area contributed by atoms with Crippen molar-refractivity contribution in [3.8, 4) is 0 Å². The van der Waals surface area contributed by atoms with Crippen LogP contribution in [-0.2, 0) is 5.41 Å². The molecule has 2 aromatic carbocycles. The predicted octanol–water partition coefficient (Wildman–Crippen LogP) is 6.75. The second-order valence-corrected chi connectivity index (χ2v) is 10.9. The van der Waals surface area contributed by atoms with Crippen molar-refractivity contribution in [1.29, 1.82) is 0 Å². The minimum Gasteiger partial charge on any atom is -0.340 e. The lowest BCUT2D eigenvalue weighted by Crippen LogP contribution is -2.19. The maximum Gasteiger partial charge on any atom is 0.259 e. The lowest BCUT2D eigenvalue weighted by atomic mass is 9.83. The first kappa shape index (κ1) is 25.7. The number of hydrogen-bond acceptors (Lipinski definition) is 5. The van der Waals surface area contributed by atoms with E-state index in [0.29, 0.717) is 11.4 Å². The van der Waals surface area contributed by atoms with E-state index in [9.17, 15) is 4.79 Å². The van der Waals surface area contributed by atoms with Gasteiger partial charge in [-0.3, -0.25) is 9.89 Å². The molecule has 1 saturated heterocycles. The number of nitrogens with one attached hydrogen (secondary N) is 3. The van der Waals surface area contributed by atoms with Crippen molar-refractivity contribution in [3.05, 3.63) is 83.7 Å². The summed E-state index contributed by atoms with van der Waals surface area (Å²) in [5.74, 6) is 0.285. The van der Waals surface area contributed by atoms with Crippen molar-refractivity contribution < 1.29 is 4.79 Å². The highest BCUT2D eigenvalue weighted by Gasteiger charge is 2.19. The molecular weight excluding hydrogens is 472 g/mol. The topological polar surface area (TPSA) is 85.9 Å². The number of aromatic nitrogens is 3. The molecule has 0 radical (unpaired) electrons. The van der Waals surface area contributed by atoms with Gasteiger partial charge in [-0.2, -0.15) is 5.10 Å². The maximum absolute atomic E-state index is 13.4. The lowest BCUT2D eigenvalue weighted by Gasteiger charge is -2.23. The molecule has 1 aliphatic rings. The van der Waals surface area contributed by atoms with Crippen molar-refractivity contribution >= 4 is 40.1 Å². The summed E-state index contributed by atoms with van der Waals surface area (Å²) in [5, 5.41) is 14.4. The summed E-state index contributed by atoms with van der Waals surface area (Å²) < 4.78 is 0. The van der Waals surface area contributed by atoms with Gasteiger partial charge in [0, 0.05) is 29.5 Å². The Labute approximate surface area is 224 Å². The number of nitrogens with zero attached hydrogens (tertiary/aromatic N) is 3. The molecule has 3 heterocycles. The van der Waals surface area contributed by atoms with E-state index in [1.807, 2.05) is 24.3 Å². The monoisotopic (exact) mass is 508 g/mol. The largest absolute Gasteiger partial charge is 0.340 e. The molecule has 0 bridgehead atoms. The Balaban J connectivity index is 1.33. The Kier molecular flexibility index (Phi) is 7.56. The van der Waals surface area contributed by atoms with Crippen LogP contribution in [-0.4, -0.2) is 45.6 Å². The number of likely N-dealkylation sites (tertiary alicyclic amines) is 1. The molecule has 0 saturated carbocycles. The molecule has 38 heavy (non-hydrogen) atoms. The van der Waals surface area contributed by atoms with Crippen LogP contribution < -0.4 is 10.6 Å². The van der Waals surface area contributed by atoms with Crippen LogP contribution in [0.1, 0.15) is 61.5 Å². The van der Waals surface area contributed by atoms with Crippen molar-refractivity contribution in [1.82, 2.24) is 20.1 Å². The fourth-order valence-corrected chi connectivity index (χ4v) is 4.97. The van der Waals surface area contributed by atoms with E-state index < -0.39 is 0 Å². The molecule has 1 amide bonds. The van der Waals surface area contributed by atoms with E-state index in [1.165, 1.54) is 31.5 Å². The van der Waals surface area contributed by atoms with Gasteiger partial charge in [0.1, 0.15) is 5.82 Å². The number of anilines is 3. The van der Waals surface area contributed by atoms with E-state index in [-0.39, 0.29) is 11.3 Å². The Bertz CT molecular complexity index is 1440. The fourth-order valence-electron chi connectivity index (χ4n) is 4.97. The van der Waals surface area contributed by atoms with Gasteiger partial charge in [-0.1, -0.05) is 39.0 Å². The zero-order chi connectivity index (χ0) is 26.5. The summed E-state index contributed by atoms with van der Waals surface area (Å²) in [7, 11) is 0. The summed E-state index contributed by atoms with van der Waals surface area (Å²) in [6, 6.07) is 15.6. The first-order chi connectivity index (χ1) is 18.4. The van der Waals surface area contributed by atoms with Gasteiger partial charge in [0.25, 0.3) is 5.91 Å². The first-order valence-corrected chi connectivity index (χ1v) is 13.4. The standard InChI is InChI=1S/C31H36N6O/c1-31(2,3)27-14-13-24(19-22(27)9-4-5-16-37-17-6-7-18-37)35-30(38)26-10-8-15-32-29(26)34-25-12-11-23-21-33-36-28(23)20-25/h4,8-15,19-21H,5-7,16-18H2,1-3H3,(H,32,34)(H,33,36)(H,35,38). The number of fused-ring (bicyclic) bond motifs is 1. The van der Waals surface area contributed by atoms with Crippen molar-refractivity contribution in [2.75, 3.05) is 30.3 Å². The fraction of sp³-hybridized carbons (Fsp3) is 0.323. The summed E-state index contributed by atoms with van der Waals surface area (Å²) in [6.45, 7) is 10.2. The summed E-state index contributed by atoms with van der Waals surface area (Å²) in [6.07, 6.45) is 11.6. The number of hydrogen-bond donors (Lipinski definition) is 3. The molecule has 3 N–H and O–H groups in total. The molecule has 0 unspecified atom stereocenters. The van der Waals surface area contributed by atoms with Gasteiger partial charge in [0.2, 0.25) is 0 Å². The number of carbonyl (C=O) groups excluding carboxylic acids is 1. The predicted molar refractivity (Wildman–Crippen MR) is 156 cm³/mol. The number of H-pyrrole nitrogens is 1. The van der Waals surface area contributed by atoms with Gasteiger partial charge < -0.3 is 15.5 Å². The van der Waals surface area contributed by atoms with Crippen LogP contribution in [0.15, 0.2) is 67.0 Å². The van der Waals surface area contributed by atoms with Crippen LogP contribution in [0.3, 0.4) is 0 Å². The van der Waals surface area contributed by atoms with E-state index in [1.54, 1.807) is 24.5 Å². The number of pyridine rings is 1. The quantitative estimate of drug-likeness (QED) is 0.245. The van der Waals surface area contributed by atoms with E-state index in [2.05, 4.69) is 75.8 Å². The molecule has 0 spiro atoms. The van der Waals surface area contributed by atoms with Crippen LogP contribution in [0.25, 0.3) is 17.0 Å². The highest BCUT2D eigenvalue weighted by molar-refractivity contribution is 6.08. The third-order valence-corrected chi connectivity index (χ3v) is 6.98. The third kappa shape index (κ3) is 6.11. The zero-order valence-corrected chi connectivity index (χ0v) is 22.4. The normalized spacial score (nSPS) is 14.4. The molecule has 196 valence electrons. The van der Waals surface area contributed by atoms with Gasteiger partial charge in [0.05, 0.1) is 17.3 Å². The first-order valence-electron chi connectivity index (χ1n) is 13.4. The minimum atomic E-state index is -0.212. The highest BCUT2D eigenvalue weighted by atomic mass is 16.1. The molecule has 1 aliphatic heterocycles. The molecule has 7 nitrogen and oxygen atoms in total. The smallest absolute Gasteiger partial charge is 0.259 e. The van der Waals surface area contributed by atoms with Crippen LogP contribution in [0.4, 0.5) is 17.2 Å². The molecule has 2 aromatic heterocycles. The van der Waals surface area contributed by atoms with E-state index in [4.69, 9.17) is 0 Å². The average Bonchev–Trinajstić information content (AvgIpc) is 3.58. The number of rotatable bonds is 8. The molecule has 0 atom stereocenters. The van der Waals surface area contributed by atoms with Gasteiger partial charge in [-0.15, -0.1) is 0 Å². The summed E-state index contributed by atoms with van der Waals surface area (Å²) in [4.78, 5) is 20.3. The molecular formula is C31H36N6O. The maximum atomic E-state index is 13.4. The Hall–Kier alpha value is -3.97. The molecule has 4 aromatic rings. The summed E-state index contributed by atoms with van der Waals surface area (Å²) in [5.41, 5.74) is 5.35. The number of benzene rings is 2. The number of aromatic amines is 1. The molecule has 5 rings (SSSR count). The van der Waals surface area contributed by atoms with Gasteiger partial charge in [-0.25, -0.2) is 4.98 Å². The lowest BCUT2D eigenvalue weighted by molar-refractivity contribution is 0.102. The van der Waals surface area contributed by atoms with Gasteiger partial charge in [0.15, 0.2) is 0 Å². The average molecular weight is 509 g/mol. The van der Waals surface area contributed by atoms with Crippen LogP contribution in [0.2, 0.25) is 0 Å². The van der Waals surface area contributed by atoms with E-state index in [0.717, 1.165) is 40.8 Å². The van der Waals surface area contributed by atoms with Crippen molar-refractivity contribution in [2.45, 2.75) is 45.4 Å². The molecule has 7 heteroatoms. The number of carbonyl (C=O) groups is 1. The Morgan fingerprint density at radius 1 is 1.08 bits per heavy atom. The molecule has 1 fully saturated rings.